The van der Waals surface area contributed by atoms with Crippen molar-refractivity contribution >= 4 is 5.91 Å². The summed E-state index contributed by atoms with van der Waals surface area (Å²) in [5, 5.41) is 3.24. The van der Waals surface area contributed by atoms with Crippen molar-refractivity contribution in [1.82, 2.24) is 10.2 Å². The average Bonchev–Trinajstić information content (AvgIpc) is 2.73. The number of carbonyl (C=O) groups is 1. The van der Waals surface area contributed by atoms with E-state index in [1.54, 1.807) is 0 Å². The van der Waals surface area contributed by atoms with Gasteiger partial charge in [-0.3, -0.25) is 4.79 Å². The topological polar surface area (TPSA) is 41.6 Å². The van der Waals surface area contributed by atoms with E-state index < -0.39 is 0 Å². The maximum Gasteiger partial charge on any atom is 0.255 e. The SMILES string of the molecule is CN1CCC(CNC(=O)c2cccc3c2OCCC3)(c2ccccc2)CC1. The van der Waals surface area contributed by atoms with Crippen LogP contribution < -0.4 is 10.1 Å². The number of carbonyl (C=O) groups excluding carboxylic acids is 1. The van der Waals surface area contributed by atoms with Gasteiger partial charge in [0, 0.05) is 12.0 Å². The molecule has 0 bridgehead atoms. The molecule has 1 saturated heterocycles. The number of likely N-dealkylation sites (tertiary alicyclic amines) is 1. The van der Waals surface area contributed by atoms with E-state index in [0.29, 0.717) is 18.7 Å². The summed E-state index contributed by atoms with van der Waals surface area (Å²) >= 11 is 0. The van der Waals surface area contributed by atoms with Gasteiger partial charge in [-0.15, -0.1) is 0 Å². The summed E-state index contributed by atoms with van der Waals surface area (Å²) in [5.74, 6) is 0.751. The number of hydrogen-bond donors (Lipinski definition) is 1. The summed E-state index contributed by atoms with van der Waals surface area (Å²) in [4.78, 5) is 15.4. The first-order valence-electron chi connectivity index (χ1n) is 9.95. The van der Waals surface area contributed by atoms with Gasteiger partial charge in [0.05, 0.1) is 12.2 Å². The molecule has 0 atom stereocenters. The lowest BCUT2D eigenvalue weighted by Crippen LogP contribution is -2.48. The molecule has 0 saturated carbocycles. The Kier molecular flexibility index (Phi) is 5.17. The third-order valence-electron chi connectivity index (χ3n) is 6.10. The molecular formula is C23H28N2O2. The first-order chi connectivity index (χ1) is 13.2. The van der Waals surface area contributed by atoms with Crippen LogP contribution in [0.5, 0.6) is 5.75 Å². The summed E-state index contributed by atoms with van der Waals surface area (Å²) in [6.07, 6.45) is 4.10. The van der Waals surface area contributed by atoms with Crippen molar-refractivity contribution in [3.63, 3.8) is 0 Å². The highest BCUT2D eigenvalue weighted by Crippen LogP contribution is 2.35. The van der Waals surface area contributed by atoms with Crippen LogP contribution in [0.1, 0.15) is 40.7 Å². The van der Waals surface area contributed by atoms with E-state index >= 15 is 0 Å². The maximum absolute atomic E-state index is 13.0. The molecule has 0 aromatic heterocycles. The number of hydrogen-bond acceptors (Lipinski definition) is 3. The highest BCUT2D eigenvalue weighted by atomic mass is 16.5. The summed E-state index contributed by atoms with van der Waals surface area (Å²) < 4.78 is 5.82. The number of aryl methyl sites for hydroxylation is 1. The first-order valence-corrected chi connectivity index (χ1v) is 9.95. The number of fused-ring (bicyclic) bond motifs is 1. The van der Waals surface area contributed by atoms with Crippen LogP contribution in [-0.4, -0.2) is 44.1 Å². The van der Waals surface area contributed by atoms with Gasteiger partial charge in [-0.05, 0) is 63.0 Å². The standard InChI is InChI=1S/C23H28N2O2/c1-25-14-12-23(13-15-25,19-9-3-2-4-10-19)17-24-22(26)20-11-5-7-18-8-6-16-27-21(18)20/h2-5,7,9-11H,6,8,12-17H2,1H3,(H,24,26). The second-order valence-corrected chi connectivity index (χ2v) is 7.88. The lowest BCUT2D eigenvalue weighted by molar-refractivity contribution is 0.0922. The van der Waals surface area contributed by atoms with E-state index in [9.17, 15) is 4.79 Å². The Balaban J connectivity index is 1.54. The largest absolute Gasteiger partial charge is 0.492 e. The third-order valence-corrected chi connectivity index (χ3v) is 6.10. The Morgan fingerprint density at radius 1 is 1.11 bits per heavy atom. The highest BCUT2D eigenvalue weighted by Gasteiger charge is 2.36. The fourth-order valence-corrected chi connectivity index (χ4v) is 4.32. The minimum atomic E-state index is -0.0250. The molecule has 4 nitrogen and oxygen atoms in total. The van der Waals surface area contributed by atoms with Gasteiger partial charge in [-0.25, -0.2) is 0 Å². The highest BCUT2D eigenvalue weighted by molar-refractivity contribution is 5.97. The number of benzene rings is 2. The molecule has 1 N–H and O–H groups in total. The number of amides is 1. The molecular weight excluding hydrogens is 336 g/mol. The molecule has 2 aliphatic heterocycles. The third kappa shape index (κ3) is 3.72. The quantitative estimate of drug-likeness (QED) is 0.904. The molecule has 1 fully saturated rings. The van der Waals surface area contributed by atoms with Gasteiger partial charge in [0.15, 0.2) is 0 Å². The van der Waals surface area contributed by atoms with Crippen molar-refractivity contribution in [2.45, 2.75) is 31.1 Å². The van der Waals surface area contributed by atoms with Crippen LogP contribution >= 0.6 is 0 Å². The van der Waals surface area contributed by atoms with Crippen molar-refractivity contribution in [3.8, 4) is 5.75 Å². The van der Waals surface area contributed by atoms with Crippen molar-refractivity contribution in [2.24, 2.45) is 0 Å². The molecule has 2 heterocycles. The number of rotatable bonds is 4. The Morgan fingerprint density at radius 2 is 1.89 bits per heavy atom. The summed E-state index contributed by atoms with van der Waals surface area (Å²) in [7, 11) is 2.17. The lowest BCUT2D eigenvalue weighted by Gasteiger charge is -2.41. The van der Waals surface area contributed by atoms with E-state index in [1.807, 2.05) is 12.1 Å². The van der Waals surface area contributed by atoms with Crippen LogP contribution in [0.25, 0.3) is 0 Å². The predicted octanol–water partition coefficient (Wildman–Crippen LogP) is 3.41. The van der Waals surface area contributed by atoms with Crippen LogP contribution in [0, 0.1) is 0 Å². The molecule has 142 valence electrons. The summed E-state index contributed by atoms with van der Waals surface area (Å²) in [5.41, 5.74) is 3.14. The molecule has 0 aliphatic carbocycles. The van der Waals surface area contributed by atoms with Gasteiger partial charge < -0.3 is 15.0 Å². The zero-order chi connectivity index (χ0) is 18.7. The van der Waals surface area contributed by atoms with Crippen LogP contribution in [0.3, 0.4) is 0 Å². The van der Waals surface area contributed by atoms with Crippen molar-refractivity contribution in [1.29, 1.82) is 0 Å². The van der Waals surface area contributed by atoms with Gasteiger partial charge >= 0.3 is 0 Å². The molecule has 0 unspecified atom stereocenters. The minimum absolute atomic E-state index is 0.000864. The fourth-order valence-electron chi connectivity index (χ4n) is 4.32. The monoisotopic (exact) mass is 364 g/mol. The Bertz CT molecular complexity index is 795. The maximum atomic E-state index is 13.0. The molecule has 0 radical (unpaired) electrons. The second kappa shape index (κ2) is 7.73. The molecule has 0 spiro atoms. The molecule has 1 amide bonds. The molecule has 2 aliphatic rings. The van der Waals surface area contributed by atoms with Crippen LogP contribution in [0.2, 0.25) is 0 Å². The van der Waals surface area contributed by atoms with E-state index in [4.69, 9.17) is 4.74 Å². The number of nitrogens with zero attached hydrogens (tertiary/aromatic N) is 1. The molecule has 4 rings (SSSR count). The van der Waals surface area contributed by atoms with Crippen molar-refractivity contribution in [3.05, 3.63) is 65.2 Å². The first kappa shape index (κ1) is 18.1. The smallest absolute Gasteiger partial charge is 0.255 e. The van der Waals surface area contributed by atoms with E-state index in [0.717, 1.165) is 50.1 Å². The van der Waals surface area contributed by atoms with Gasteiger partial charge in [-0.2, -0.15) is 0 Å². The van der Waals surface area contributed by atoms with E-state index in [2.05, 4.69) is 53.7 Å². The Labute approximate surface area is 161 Å². The average molecular weight is 364 g/mol. The molecule has 2 aromatic carbocycles. The number of para-hydroxylation sites is 1. The van der Waals surface area contributed by atoms with Crippen LogP contribution in [0.4, 0.5) is 0 Å². The van der Waals surface area contributed by atoms with Crippen molar-refractivity contribution in [2.75, 3.05) is 33.3 Å². The van der Waals surface area contributed by atoms with Crippen LogP contribution in [0.15, 0.2) is 48.5 Å². The zero-order valence-electron chi connectivity index (χ0n) is 16.0. The normalized spacial score (nSPS) is 19.0. The summed E-state index contributed by atoms with van der Waals surface area (Å²) in [6.45, 7) is 3.45. The van der Waals surface area contributed by atoms with Crippen LogP contribution in [-0.2, 0) is 11.8 Å². The summed E-state index contributed by atoms with van der Waals surface area (Å²) in [6, 6.07) is 16.5. The van der Waals surface area contributed by atoms with Crippen molar-refractivity contribution < 1.29 is 9.53 Å². The molecule has 4 heteroatoms. The minimum Gasteiger partial charge on any atom is -0.492 e. The van der Waals surface area contributed by atoms with E-state index in [-0.39, 0.29) is 11.3 Å². The van der Waals surface area contributed by atoms with Gasteiger partial charge in [0.2, 0.25) is 0 Å². The van der Waals surface area contributed by atoms with Gasteiger partial charge in [-0.1, -0.05) is 42.5 Å². The Hall–Kier alpha value is -2.33. The van der Waals surface area contributed by atoms with Gasteiger partial charge in [0.25, 0.3) is 5.91 Å². The second-order valence-electron chi connectivity index (χ2n) is 7.88. The zero-order valence-corrected chi connectivity index (χ0v) is 16.0. The lowest BCUT2D eigenvalue weighted by atomic mass is 9.72. The number of nitrogens with one attached hydrogen (secondary N) is 1. The van der Waals surface area contributed by atoms with E-state index in [1.165, 1.54) is 5.56 Å². The number of piperidine rings is 1. The molecule has 27 heavy (non-hydrogen) atoms. The van der Waals surface area contributed by atoms with Gasteiger partial charge in [0.1, 0.15) is 5.75 Å². The fraction of sp³-hybridized carbons (Fsp3) is 0.435. The molecule has 2 aromatic rings. The predicted molar refractivity (Wildman–Crippen MR) is 107 cm³/mol. The Morgan fingerprint density at radius 3 is 2.67 bits per heavy atom. The number of ether oxygens (including phenoxy) is 1.